The van der Waals surface area contributed by atoms with Gasteiger partial charge in [-0.05, 0) is 29.9 Å². The highest BCUT2D eigenvalue weighted by Crippen LogP contribution is 2.60. The molecular formula is C18H19Cl2F3O3. The summed E-state index contributed by atoms with van der Waals surface area (Å²) in [5.41, 5.74) is -1.38. The van der Waals surface area contributed by atoms with Crippen LogP contribution in [0.15, 0.2) is 10.6 Å². The highest BCUT2D eigenvalue weighted by Gasteiger charge is 2.61. The molecule has 2 rings (SSSR count). The van der Waals surface area contributed by atoms with Crippen molar-refractivity contribution in [3.05, 3.63) is 44.7 Å². The van der Waals surface area contributed by atoms with Crippen LogP contribution < -0.4 is 0 Å². The molecule has 0 N–H and O–H groups in total. The molecule has 0 amide bonds. The monoisotopic (exact) mass is 410 g/mol. The van der Waals surface area contributed by atoms with Gasteiger partial charge in [0.1, 0.15) is 16.9 Å². The first-order chi connectivity index (χ1) is 12.0. The van der Waals surface area contributed by atoms with Gasteiger partial charge in [-0.1, -0.05) is 37.0 Å². The number of esters is 1. The van der Waals surface area contributed by atoms with Crippen LogP contribution in [0.3, 0.4) is 0 Å². The number of carbonyl (C=O) groups excluding carboxylic acids is 1. The number of hydrogen-bond donors (Lipinski definition) is 0. The highest BCUT2D eigenvalue weighted by atomic mass is 35.5. The van der Waals surface area contributed by atoms with Gasteiger partial charge in [0, 0.05) is 12.7 Å². The van der Waals surface area contributed by atoms with E-state index in [1.54, 1.807) is 6.08 Å². The number of carbonyl (C=O) groups is 1. The van der Waals surface area contributed by atoms with E-state index < -0.39 is 53.5 Å². The fourth-order valence-electron chi connectivity index (χ4n) is 3.14. The Morgan fingerprint density at radius 2 is 1.69 bits per heavy atom. The summed E-state index contributed by atoms with van der Waals surface area (Å²) in [5.74, 6) is -4.85. The first kappa shape index (κ1) is 21.1. The van der Waals surface area contributed by atoms with Crippen molar-refractivity contribution in [2.45, 2.75) is 34.0 Å². The van der Waals surface area contributed by atoms with Crippen LogP contribution >= 0.6 is 23.2 Å². The molecule has 144 valence electrons. The second-order valence-corrected chi connectivity index (χ2v) is 7.85. The summed E-state index contributed by atoms with van der Waals surface area (Å²) < 4.78 is 52.4. The number of benzene rings is 1. The molecule has 1 aromatic carbocycles. The van der Waals surface area contributed by atoms with Gasteiger partial charge in [-0.25, -0.2) is 13.2 Å². The quantitative estimate of drug-likeness (QED) is 0.477. The molecule has 0 unspecified atom stereocenters. The van der Waals surface area contributed by atoms with Gasteiger partial charge in [0.05, 0.1) is 18.1 Å². The van der Waals surface area contributed by atoms with Crippen molar-refractivity contribution in [1.82, 2.24) is 0 Å². The van der Waals surface area contributed by atoms with Crippen LogP contribution in [0.2, 0.25) is 0 Å². The average Bonchev–Trinajstić information content (AvgIpc) is 3.09. The molecule has 0 aromatic heterocycles. The minimum absolute atomic E-state index is 0.0399. The first-order valence-electron chi connectivity index (χ1n) is 7.87. The summed E-state index contributed by atoms with van der Waals surface area (Å²) in [5, 5.41) is 0. The standard InChI is InChI=1S/C18H19Cl2F3O3/c1-8-9(15(22)16(23)10(6-25-4)14(8)21)7-26-17(24)13-11(5-12(19)20)18(13,2)3/h5,11,13H,6-7H2,1-4H3/t11-,13+/m0/s1. The number of rotatable bonds is 6. The number of allylic oxidation sites excluding steroid dienone is 1. The van der Waals surface area contributed by atoms with Crippen molar-refractivity contribution in [3.8, 4) is 0 Å². The van der Waals surface area contributed by atoms with Crippen LogP contribution in [-0.2, 0) is 27.5 Å². The summed E-state index contributed by atoms with van der Waals surface area (Å²) in [4.78, 5) is 12.3. The second kappa shape index (κ2) is 7.79. The molecule has 1 fully saturated rings. The maximum atomic E-state index is 14.3. The summed E-state index contributed by atoms with van der Waals surface area (Å²) >= 11 is 11.3. The Bertz CT molecular complexity index is 730. The van der Waals surface area contributed by atoms with Gasteiger partial charge in [0.25, 0.3) is 0 Å². The first-order valence-corrected chi connectivity index (χ1v) is 8.62. The maximum absolute atomic E-state index is 14.3. The number of methoxy groups -OCH3 is 1. The van der Waals surface area contributed by atoms with Gasteiger partial charge in [0.15, 0.2) is 11.6 Å². The average molecular weight is 411 g/mol. The van der Waals surface area contributed by atoms with Crippen molar-refractivity contribution < 1.29 is 27.4 Å². The van der Waals surface area contributed by atoms with E-state index in [1.165, 1.54) is 14.0 Å². The lowest BCUT2D eigenvalue weighted by molar-refractivity contribution is -0.147. The molecule has 3 nitrogen and oxygen atoms in total. The molecule has 0 radical (unpaired) electrons. The van der Waals surface area contributed by atoms with Gasteiger partial charge in [0.2, 0.25) is 0 Å². The van der Waals surface area contributed by atoms with E-state index in [0.717, 1.165) is 0 Å². The Morgan fingerprint density at radius 3 is 2.23 bits per heavy atom. The van der Waals surface area contributed by atoms with Crippen LogP contribution in [-0.4, -0.2) is 13.1 Å². The Balaban J connectivity index is 2.18. The predicted octanol–water partition coefficient (Wildman–Crippen LogP) is 5.19. The Kier molecular flexibility index (Phi) is 6.31. The van der Waals surface area contributed by atoms with Crippen molar-refractivity contribution in [2.24, 2.45) is 17.3 Å². The third kappa shape index (κ3) is 3.87. The molecule has 1 aliphatic rings. The molecule has 26 heavy (non-hydrogen) atoms. The highest BCUT2D eigenvalue weighted by molar-refractivity contribution is 6.55. The lowest BCUT2D eigenvalue weighted by atomic mass is 10.0. The van der Waals surface area contributed by atoms with E-state index in [1.807, 2.05) is 13.8 Å². The number of halogens is 5. The number of ether oxygens (including phenoxy) is 2. The zero-order valence-corrected chi connectivity index (χ0v) is 16.3. The molecule has 1 aromatic rings. The summed E-state index contributed by atoms with van der Waals surface area (Å²) in [7, 11) is 1.25. The Morgan fingerprint density at radius 1 is 1.12 bits per heavy atom. The van der Waals surface area contributed by atoms with E-state index in [2.05, 4.69) is 4.74 Å². The molecule has 0 bridgehead atoms. The molecular weight excluding hydrogens is 392 g/mol. The second-order valence-electron chi connectivity index (χ2n) is 6.85. The Labute approximate surface area is 160 Å². The Hall–Kier alpha value is -1.24. The maximum Gasteiger partial charge on any atom is 0.310 e. The van der Waals surface area contributed by atoms with Crippen LogP contribution in [0.1, 0.15) is 30.5 Å². The van der Waals surface area contributed by atoms with E-state index in [4.69, 9.17) is 27.9 Å². The fourth-order valence-corrected chi connectivity index (χ4v) is 3.41. The van der Waals surface area contributed by atoms with Crippen LogP contribution in [0, 0.1) is 41.6 Å². The zero-order valence-electron chi connectivity index (χ0n) is 14.8. The lowest BCUT2D eigenvalue weighted by Gasteiger charge is -2.14. The predicted molar refractivity (Wildman–Crippen MR) is 92.1 cm³/mol. The molecule has 1 aliphatic carbocycles. The molecule has 0 spiro atoms. The minimum Gasteiger partial charge on any atom is -0.460 e. The topological polar surface area (TPSA) is 35.5 Å². The van der Waals surface area contributed by atoms with Crippen molar-refractivity contribution in [3.63, 3.8) is 0 Å². The van der Waals surface area contributed by atoms with Gasteiger partial charge in [-0.15, -0.1) is 0 Å². The van der Waals surface area contributed by atoms with Crippen LogP contribution in [0.5, 0.6) is 0 Å². The summed E-state index contributed by atoms with van der Waals surface area (Å²) in [6, 6.07) is 0. The van der Waals surface area contributed by atoms with Crippen molar-refractivity contribution in [2.75, 3.05) is 7.11 Å². The third-order valence-electron chi connectivity index (χ3n) is 4.89. The van der Waals surface area contributed by atoms with Crippen molar-refractivity contribution >= 4 is 29.2 Å². The molecule has 8 heteroatoms. The third-order valence-corrected chi connectivity index (χ3v) is 5.14. The largest absolute Gasteiger partial charge is 0.460 e. The van der Waals surface area contributed by atoms with Gasteiger partial charge >= 0.3 is 5.97 Å². The van der Waals surface area contributed by atoms with Crippen molar-refractivity contribution in [1.29, 1.82) is 0 Å². The van der Waals surface area contributed by atoms with E-state index in [9.17, 15) is 18.0 Å². The van der Waals surface area contributed by atoms with E-state index >= 15 is 0 Å². The summed E-state index contributed by atoms with van der Waals surface area (Å²) in [6.07, 6.45) is 1.54. The molecule has 0 aliphatic heterocycles. The molecule has 2 atom stereocenters. The molecule has 1 saturated carbocycles. The zero-order chi connectivity index (χ0) is 19.8. The van der Waals surface area contributed by atoms with Gasteiger partial charge < -0.3 is 9.47 Å². The smallest absolute Gasteiger partial charge is 0.310 e. The lowest BCUT2D eigenvalue weighted by Crippen LogP contribution is -2.14. The van der Waals surface area contributed by atoms with E-state index in [-0.39, 0.29) is 21.5 Å². The summed E-state index contributed by atoms with van der Waals surface area (Å²) in [6.45, 7) is 3.98. The SMILES string of the molecule is COCc1c(F)c(C)c(COC(=O)[C@H]2[C@H](C=C(Cl)Cl)C2(C)C)c(F)c1F. The molecule has 0 saturated heterocycles. The number of hydrogen-bond acceptors (Lipinski definition) is 3. The van der Waals surface area contributed by atoms with E-state index in [0.29, 0.717) is 0 Å². The van der Waals surface area contributed by atoms with Crippen LogP contribution in [0.4, 0.5) is 13.2 Å². The molecule has 0 heterocycles. The van der Waals surface area contributed by atoms with Crippen LogP contribution in [0.25, 0.3) is 0 Å². The normalized spacial score (nSPS) is 20.7. The minimum atomic E-state index is -1.34. The van der Waals surface area contributed by atoms with Gasteiger partial charge in [-0.3, -0.25) is 4.79 Å². The van der Waals surface area contributed by atoms with Gasteiger partial charge in [-0.2, -0.15) is 0 Å². The fraction of sp³-hybridized carbons (Fsp3) is 0.500.